The van der Waals surface area contributed by atoms with Crippen LogP contribution in [0.15, 0.2) is 65.1 Å². The maximum Gasteiger partial charge on any atom is 0.291 e. The van der Waals surface area contributed by atoms with Gasteiger partial charge in [0, 0.05) is 5.69 Å². The molecule has 5 nitrogen and oxygen atoms in total. The summed E-state index contributed by atoms with van der Waals surface area (Å²) >= 11 is 0. The number of hydrogen-bond donors (Lipinski definition) is 1. The van der Waals surface area contributed by atoms with E-state index in [1.165, 1.54) is 5.56 Å². The standard InChI is InChI=1S/C22H23NO4/c1-15(2)16-4-8-19(9-5-16)26-14-20-12-13-21(27-20)22(24)23-17-6-10-18(25-3)11-7-17/h4-13,15H,14H2,1-3H3,(H,23,24). The molecule has 0 atom stereocenters. The Morgan fingerprint density at radius 3 is 2.26 bits per heavy atom. The summed E-state index contributed by atoms with van der Waals surface area (Å²) in [4.78, 5) is 12.3. The summed E-state index contributed by atoms with van der Waals surface area (Å²) in [6.45, 7) is 4.56. The highest BCUT2D eigenvalue weighted by Gasteiger charge is 2.12. The molecule has 0 fully saturated rings. The van der Waals surface area contributed by atoms with E-state index in [1.807, 2.05) is 12.1 Å². The van der Waals surface area contributed by atoms with Crippen molar-refractivity contribution in [1.82, 2.24) is 0 Å². The predicted octanol–water partition coefficient (Wildman–Crippen LogP) is 5.24. The minimum atomic E-state index is -0.312. The largest absolute Gasteiger partial charge is 0.497 e. The lowest BCUT2D eigenvalue weighted by Crippen LogP contribution is -2.10. The highest BCUT2D eigenvalue weighted by atomic mass is 16.5. The van der Waals surface area contributed by atoms with Crippen molar-refractivity contribution in [2.24, 2.45) is 0 Å². The Morgan fingerprint density at radius 1 is 0.963 bits per heavy atom. The van der Waals surface area contributed by atoms with Crippen molar-refractivity contribution in [3.8, 4) is 11.5 Å². The van der Waals surface area contributed by atoms with Crippen LogP contribution in [0.25, 0.3) is 0 Å². The third kappa shape index (κ3) is 4.91. The van der Waals surface area contributed by atoms with E-state index in [-0.39, 0.29) is 18.3 Å². The third-order valence-electron chi connectivity index (χ3n) is 4.16. The second kappa shape index (κ2) is 8.45. The lowest BCUT2D eigenvalue weighted by Gasteiger charge is -2.08. The van der Waals surface area contributed by atoms with Crippen molar-refractivity contribution in [2.75, 3.05) is 12.4 Å². The Kier molecular flexibility index (Phi) is 5.81. The molecular formula is C22H23NO4. The van der Waals surface area contributed by atoms with Gasteiger partial charge in [-0.1, -0.05) is 26.0 Å². The molecule has 0 spiro atoms. The van der Waals surface area contributed by atoms with E-state index in [4.69, 9.17) is 13.9 Å². The first-order valence-electron chi connectivity index (χ1n) is 8.82. The van der Waals surface area contributed by atoms with Gasteiger partial charge in [0.1, 0.15) is 23.9 Å². The van der Waals surface area contributed by atoms with Crippen LogP contribution in [0, 0.1) is 0 Å². The van der Waals surface area contributed by atoms with Crippen LogP contribution < -0.4 is 14.8 Å². The molecule has 0 bridgehead atoms. The Morgan fingerprint density at radius 2 is 1.63 bits per heavy atom. The van der Waals surface area contributed by atoms with E-state index in [0.29, 0.717) is 17.4 Å². The Balaban J connectivity index is 1.56. The summed E-state index contributed by atoms with van der Waals surface area (Å²) in [7, 11) is 1.60. The van der Waals surface area contributed by atoms with Crippen molar-refractivity contribution >= 4 is 11.6 Å². The van der Waals surface area contributed by atoms with Crippen molar-refractivity contribution < 1.29 is 18.7 Å². The molecule has 1 aromatic heterocycles. The number of methoxy groups -OCH3 is 1. The zero-order valence-electron chi connectivity index (χ0n) is 15.7. The molecule has 0 aliphatic heterocycles. The summed E-state index contributed by atoms with van der Waals surface area (Å²) in [5, 5.41) is 2.78. The van der Waals surface area contributed by atoms with E-state index in [1.54, 1.807) is 43.5 Å². The highest BCUT2D eigenvalue weighted by molar-refractivity contribution is 6.02. The predicted molar refractivity (Wildman–Crippen MR) is 105 cm³/mol. The topological polar surface area (TPSA) is 60.7 Å². The van der Waals surface area contributed by atoms with E-state index in [2.05, 4.69) is 31.3 Å². The Labute approximate surface area is 158 Å². The zero-order valence-corrected chi connectivity index (χ0v) is 15.7. The SMILES string of the molecule is COc1ccc(NC(=O)c2ccc(COc3ccc(C(C)C)cc3)o2)cc1. The first-order valence-corrected chi connectivity index (χ1v) is 8.82. The molecular weight excluding hydrogens is 342 g/mol. The zero-order chi connectivity index (χ0) is 19.2. The Bertz CT molecular complexity index is 879. The smallest absolute Gasteiger partial charge is 0.291 e. The monoisotopic (exact) mass is 365 g/mol. The number of nitrogens with one attached hydrogen (secondary N) is 1. The van der Waals surface area contributed by atoms with E-state index in [9.17, 15) is 4.79 Å². The van der Waals surface area contributed by atoms with Gasteiger partial charge in [-0.15, -0.1) is 0 Å². The van der Waals surface area contributed by atoms with Gasteiger partial charge in [-0.05, 0) is 60.0 Å². The molecule has 0 aliphatic carbocycles. The van der Waals surface area contributed by atoms with Crippen LogP contribution in [-0.2, 0) is 6.61 Å². The molecule has 1 N–H and O–H groups in total. The molecule has 3 aromatic rings. The molecule has 5 heteroatoms. The molecule has 140 valence electrons. The van der Waals surface area contributed by atoms with Crippen LogP contribution in [0.5, 0.6) is 11.5 Å². The van der Waals surface area contributed by atoms with Crippen LogP contribution in [0.1, 0.15) is 41.6 Å². The molecule has 0 unspecified atom stereocenters. The number of anilines is 1. The van der Waals surface area contributed by atoms with Gasteiger partial charge in [0.05, 0.1) is 7.11 Å². The van der Waals surface area contributed by atoms with Gasteiger partial charge in [-0.3, -0.25) is 4.79 Å². The fourth-order valence-corrected chi connectivity index (χ4v) is 2.55. The fourth-order valence-electron chi connectivity index (χ4n) is 2.55. The minimum Gasteiger partial charge on any atom is -0.497 e. The molecule has 0 saturated heterocycles. The average molecular weight is 365 g/mol. The van der Waals surface area contributed by atoms with Crippen molar-refractivity contribution in [2.45, 2.75) is 26.4 Å². The second-order valence-electron chi connectivity index (χ2n) is 6.46. The third-order valence-corrected chi connectivity index (χ3v) is 4.16. The van der Waals surface area contributed by atoms with Gasteiger partial charge in [0.15, 0.2) is 5.76 Å². The number of hydrogen-bond acceptors (Lipinski definition) is 4. The van der Waals surface area contributed by atoms with Crippen LogP contribution in [0.3, 0.4) is 0 Å². The van der Waals surface area contributed by atoms with Gasteiger partial charge in [0.25, 0.3) is 5.91 Å². The van der Waals surface area contributed by atoms with Gasteiger partial charge in [-0.2, -0.15) is 0 Å². The van der Waals surface area contributed by atoms with Crippen molar-refractivity contribution in [1.29, 1.82) is 0 Å². The Hall–Kier alpha value is -3.21. The minimum absolute atomic E-state index is 0.236. The first kappa shape index (κ1) is 18.6. The summed E-state index contributed by atoms with van der Waals surface area (Å²) in [5.74, 6) is 2.48. The van der Waals surface area contributed by atoms with E-state index >= 15 is 0 Å². The lowest BCUT2D eigenvalue weighted by atomic mass is 10.0. The van der Waals surface area contributed by atoms with Crippen LogP contribution in [0.4, 0.5) is 5.69 Å². The molecule has 0 saturated carbocycles. The van der Waals surface area contributed by atoms with Gasteiger partial charge in [-0.25, -0.2) is 0 Å². The number of rotatable bonds is 7. The van der Waals surface area contributed by atoms with Crippen molar-refractivity contribution in [3.63, 3.8) is 0 Å². The number of carbonyl (C=O) groups excluding carboxylic acids is 1. The maximum atomic E-state index is 12.3. The molecule has 2 aromatic carbocycles. The number of furan rings is 1. The summed E-state index contributed by atoms with van der Waals surface area (Å²) < 4.78 is 16.4. The number of benzene rings is 2. The molecule has 0 radical (unpaired) electrons. The summed E-state index contributed by atoms with van der Waals surface area (Å²) in [5.41, 5.74) is 1.93. The fraction of sp³-hybridized carbons (Fsp3) is 0.227. The molecule has 27 heavy (non-hydrogen) atoms. The second-order valence-corrected chi connectivity index (χ2v) is 6.46. The number of carbonyl (C=O) groups is 1. The van der Waals surface area contributed by atoms with Gasteiger partial charge >= 0.3 is 0 Å². The normalized spacial score (nSPS) is 10.7. The molecule has 0 aliphatic rings. The lowest BCUT2D eigenvalue weighted by molar-refractivity contribution is 0.0992. The number of amides is 1. The van der Waals surface area contributed by atoms with Gasteiger partial charge < -0.3 is 19.2 Å². The van der Waals surface area contributed by atoms with E-state index in [0.717, 1.165) is 11.5 Å². The highest BCUT2D eigenvalue weighted by Crippen LogP contribution is 2.20. The average Bonchev–Trinajstić information content (AvgIpc) is 3.16. The number of ether oxygens (including phenoxy) is 2. The summed E-state index contributed by atoms with van der Waals surface area (Å²) in [6.07, 6.45) is 0. The quantitative estimate of drug-likeness (QED) is 0.622. The van der Waals surface area contributed by atoms with Crippen molar-refractivity contribution in [3.05, 3.63) is 77.7 Å². The van der Waals surface area contributed by atoms with Crippen LogP contribution >= 0.6 is 0 Å². The molecule has 1 amide bonds. The molecule has 1 heterocycles. The van der Waals surface area contributed by atoms with Crippen LogP contribution in [-0.4, -0.2) is 13.0 Å². The molecule has 3 rings (SSSR count). The summed E-state index contributed by atoms with van der Waals surface area (Å²) in [6, 6.07) is 18.5. The van der Waals surface area contributed by atoms with Crippen LogP contribution in [0.2, 0.25) is 0 Å². The van der Waals surface area contributed by atoms with Gasteiger partial charge in [0.2, 0.25) is 0 Å². The maximum absolute atomic E-state index is 12.3. The first-order chi connectivity index (χ1) is 13.0. The van der Waals surface area contributed by atoms with E-state index < -0.39 is 0 Å².